The molecule has 0 amide bonds. The van der Waals surface area contributed by atoms with Gasteiger partial charge in [0.15, 0.2) is 0 Å². The fourth-order valence-corrected chi connectivity index (χ4v) is 1.64. The summed E-state index contributed by atoms with van der Waals surface area (Å²) in [6, 6.07) is 6.70. The number of para-hydroxylation sites is 1. The van der Waals surface area contributed by atoms with Crippen LogP contribution in [0.1, 0.15) is 0 Å². The highest BCUT2D eigenvalue weighted by Gasteiger charge is 2.13. The number of fused-ring (bicyclic) bond motifs is 1. The molecule has 1 aromatic carbocycles. The van der Waals surface area contributed by atoms with E-state index in [2.05, 4.69) is 16.9 Å². The Hall–Kier alpha value is -2.43. The van der Waals surface area contributed by atoms with Crippen molar-refractivity contribution < 1.29 is 4.92 Å². The van der Waals surface area contributed by atoms with Gasteiger partial charge in [0.2, 0.25) is 0 Å². The fraction of sp³-hybridized carbons (Fsp3) is 0.0833. The van der Waals surface area contributed by atoms with Gasteiger partial charge in [-0.25, -0.2) is 4.98 Å². The summed E-state index contributed by atoms with van der Waals surface area (Å²) < 4.78 is 0. The van der Waals surface area contributed by atoms with Crippen LogP contribution in [0.25, 0.3) is 10.9 Å². The van der Waals surface area contributed by atoms with Crippen molar-refractivity contribution in [3.05, 3.63) is 53.2 Å². The lowest BCUT2D eigenvalue weighted by molar-refractivity contribution is -0.383. The number of anilines is 1. The standard InChI is InChI=1S/C12H11N3O2/c1-2-7-13-10-6-8-14-12-9(10)4-3-5-11(12)15(16)17/h2-6,8H,1,7H2,(H,13,14). The molecule has 0 spiro atoms. The number of benzene rings is 1. The first-order chi connectivity index (χ1) is 8.24. The van der Waals surface area contributed by atoms with Crippen LogP contribution < -0.4 is 5.32 Å². The van der Waals surface area contributed by atoms with Crippen LogP contribution >= 0.6 is 0 Å². The monoisotopic (exact) mass is 229 g/mol. The number of hydrogen-bond donors (Lipinski definition) is 1. The number of nitro groups is 1. The molecule has 0 unspecified atom stereocenters. The van der Waals surface area contributed by atoms with E-state index in [0.717, 1.165) is 11.1 Å². The molecule has 0 aliphatic rings. The fourth-order valence-electron chi connectivity index (χ4n) is 1.64. The first-order valence-electron chi connectivity index (χ1n) is 5.11. The molecule has 0 saturated heterocycles. The molecule has 0 fully saturated rings. The molecule has 17 heavy (non-hydrogen) atoms. The highest BCUT2D eigenvalue weighted by Crippen LogP contribution is 2.28. The molecule has 0 aliphatic heterocycles. The van der Waals surface area contributed by atoms with Crippen LogP contribution in [-0.4, -0.2) is 16.5 Å². The minimum atomic E-state index is -0.424. The molecule has 5 heteroatoms. The lowest BCUT2D eigenvalue weighted by Gasteiger charge is -2.07. The van der Waals surface area contributed by atoms with Crippen LogP contribution in [0, 0.1) is 10.1 Å². The average molecular weight is 229 g/mol. The molecule has 0 aliphatic carbocycles. The van der Waals surface area contributed by atoms with Crippen molar-refractivity contribution in [2.45, 2.75) is 0 Å². The SMILES string of the molecule is C=CCNc1ccnc2c([N+](=O)[O-])cccc12. The van der Waals surface area contributed by atoms with E-state index in [1.807, 2.05) is 0 Å². The minimum Gasteiger partial charge on any atom is -0.381 e. The molecule has 2 aromatic rings. The summed E-state index contributed by atoms with van der Waals surface area (Å²) in [6.07, 6.45) is 3.28. The second kappa shape index (κ2) is 4.61. The van der Waals surface area contributed by atoms with E-state index in [-0.39, 0.29) is 5.69 Å². The maximum Gasteiger partial charge on any atom is 0.295 e. The number of non-ortho nitro benzene ring substituents is 1. The van der Waals surface area contributed by atoms with Gasteiger partial charge in [0.05, 0.1) is 4.92 Å². The predicted octanol–water partition coefficient (Wildman–Crippen LogP) is 2.74. The van der Waals surface area contributed by atoms with Crippen molar-refractivity contribution in [3.8, 4) is 0 Å². The zero-order chi connectivity index (χ0) is 12.3. The normalized spacial score (nSPS) is 10.1. The van der Waals surface area contributed by atoms with Crippen LogP contribution in [0.2, 0.25) is 0 Å². The number of nitro benzene ring substituents is 1. The summed E-state index contributed by atoms with van der Waals surface area (Å²) in [6.45, 7) is 4.21. The summed E-state index contributed by atoms with van der Waals surface area (Å²) in [4.78, 5) is 14.5. The molecule has 1 N–H and O–H groups in total. The molecule has 0 bridgehead atoms. The molecule has 1 aromatic heterocycles. The summed E-state index contributed by atoms with van der Waals surface area (Å²) in [5.74, 6) is 0. The lowest BCUT2D eigenvalue weighted by atomic mass is 10.1. The predicted molar refractivity (Wildman–Crippen MR) is 67.1 cm³/mol. The van der Waals surface area contributed by atoms with Gasteiger partial charge in [0.25, 0.3) is 5.69 Å². The zero-order valence-electron chi connectivity index (χ0n) is 9.09. The molecule has 2 rings (SSSR count). The Kier molecular flexibility index (Phi) is 3.00. The van der Waals surface area contributed by atoms with Gasteiger partial charge in [-0.3, -0.25) is 10.1 Å². The van der Waals surface area contributed by atoms with E-state index >= 15 is 0 Å². The third-order valence-corrected chi connectivity index (χ3v) is 2.38. The summed E-state index contributed by atoms with van der Waals surface area (Å²) in [5, 5.41) is 14.7. The Morgan fingerprint density at radius 1 is 1.47 bits per heavy atom. The van der Waals surface area contributed by atoms with Gasteiger partial charge in [-0.1, -0.05) is 18.2 Å². The number of hydrogen-bond acceptors (Lipinski definition) is 4. The Balaban J connectivity index is 2.61. The topological polar surface area (TPSA) is 68.1 Å². The maximum atomic E-state index is 10.9. The third kappa shape index (κ3) is 2.08. The van der Waals surface area contributed by atoms with E-state index in [1.54, 1.807) is 30.5 Å². The Bertz CT molecular complexity index is 581. The highest BCUT2D eigenvalue weighted by atomic mass is 16.6. The van der Waals surface area contributed by atoms with Gasteiger partial charge in [-0.2, -0.15) is 0 Å². The third-order valence-electron chi connectivity index (χ3n) is 2.38. The highest BCUT2D eigenvalue weighted by molar-refractivity contribution is 5.96. The summed E-state index contributed by atoms with van der Waals surface area (Å²) in [5.41, 5.74) is 1.23. The number of aromatic nitrogens is 1. The molecule has 1 heterocycles. The summed E-state index contributed by atoms with van der Waals surface area (Å²) in [7, 11) is 0. The first-order valence-corrected chi connectivity index (χ1v) is 5.11. The average Bonchev–Trinajstić information content (AvgIpc) is 2.35. The van der Waals surface area contributed by atoms with E-state index in [1.165, 1.54) is 6.07 Å². The summed E-state index contributed by atoms with van der Waals surface area (Å²) >= 11 is 0. The largest absolute Gasteiger partial charge is 0.381 e. The van der Waals surface area contributed by atoms with Gasteiger partial charge < -0.3 is 5.32 Å². The smallest absolute Gasteiger partial charge is 0.295 e. The van der Waals surface area contributed by atoms with Crippen LogP contribution in [0.4, 0.5) is 11.4 Å². The molecule has 86 valence electrons. The van der Waals surface area contributed by atoms with Gasteiger partial charge in [0, 0.05) is 29.9 Å². The van der Waals surface area contributed by atoms with Crippen LogP contribution in [0.3, 0.4) is 0 Å². The molecular weight excluding hydrogens is 218 g/mol. The molecule has 0 saturated carbocycles. The first kappa shape index (κ1) is 11.1. The lowest BCUT2D eigenvalue weighted by Crippen LogP contribution is -2.00. The molecule has 5 nitrogen and oxygen atoms in total. The van der Waals surface area contributed by atoms with Crippen LogP contribution in [-0.2, 0) is 0 Å². The van der Waals surface area contributed by atoms with Crippen molar-refractivity contribution >= 4 is 22.3 Å². The van der Waals surface area contributed by atoms with Gasteiger partial charge in [-0.05, 0) is 6.07 Å². The van der Waals surface area contributed by atoms with Crippen molar-refractivity contribution in [1.29, 1.82) is 0 Å². The van der Waals surface area contributed by atoms with Gasteiger partial charge in [-0.15, -0.1) is 6.58 Å². The zero-order valence-corrected chi connectivity index (χ0v) is 9.09. The molecular formula is C12H11N3O2. The van der Waals surface area contributed by atoms with Crippen LogP contribution in [0.15, 0.2) is 43.1 Å². The quantitative estimate of drug-likeness (QED) is 0.497. The number of rotatable bonds is 4. The van der Waals surface area contributed by atoms with E-state index in [0.29, 0.717) is 12.1 Å². The van der Waals surface area contributed by atoms with Crippen LogP contribution in [0.5, 0.6) is 0 Å². The molecule has 0 radical (unpaired) electrons. The number of nitrogens with zero attached hydrogens (tertiary/aromatic N) is 2. The van der Waals surface area contributed by atoms with Crippen molar-refractivity contribution in [3.63, 3.8) is 0 Å². The van der Waals surface area contributed by atoms with E-state index in [4.69, 9.17) is 0 Å². The Morgan fingerprint density at radius 3 is 3.00 bits per heavy atom. The van der Waals surface area contributed by atoms with E-state index in [9.17, 15) is 10.1 Å². The minimum absolute atomic E-state index is 0.0183. The van der Waals surface area contributed by atoms with E-state index < -0.39 is 4.92 Å². The number of nitrogens with one attached hydrogen (secondary N) is 1. The number of pyridine rings is 1. The molecule has 0 atom stereocenters. The van der Waals surface area contributed by atoms with Crippen molar-refractivity contribution in [1.82, 2.24) is 4.98 Å². The van der Waals surface area contributed by atoms with Crippen molar-refractivity contribution in [2.75, 3.05) is 11.9 Å². The second-order valence-corrected chi connectivity index (χ2v) is 3.46. The Labute approximate surface area is 97.9 Å². The van der Waals surface area contributed by atoms with Crippen molar-refractivity contribution in [2.24, 2.45) is 0 Å². The van der Waals surface area contributed by atoms with Gasteiger partial charge >= 0.3 is 0 Å². The van der Waals surface area contributed by atoms with Gasteiger partial charge in [0.1, 0.15) is 5.52 Å². The second-order valence-electron chi connectivity index (χ2n) is 3.46. The Morgan fingerprint density at radius 2 is 2.29 bits per heavy atom. The maximum absolute atomic E-state index is 10.9.